The van der Waals surface area contributed by atoms with Crippen molar-refractivity contribution < 1.29 is 14.3 Å². The minimum absolute atomic E-state index is 0.0138. The summed E-state index contributed by atoms with van der Waals surface area (Å²) in [5.41, 5.74) is 2.15. The van der Waals surface area contributed by atoms with E-state index in [0.29, 0.717) is 29.2 Å². The van der Waals surface area contributed by atoms with E-state index >= 15 is 0 Å². The van der Waals surface area contributed by atoms with Crippen LogP contribution in [-0.4, -0.2) is 52.9 Å². The highest BCUT2D eigenvalue weighted by atomic mass is 32.2. The van der Waals surface area contributed by atoms with Gasteiger partial charge in [-0.1, -0.05) is 18.2 Å². The summed E-state index contributed by atoms with van der Waals surface area (Å²) in [6, 6.07) is 13.6. The molecule has 4 rings (SSSR count). The molecular weight excluding hydrogens is 442 g/mol. The van der Waals surface area contributed by atoms with Gasteiger partial charge in [0.05, 0.1) is 10.5 Å². The van der Waals surface area contributed by atoms with Crippen LogP contribution in [0.3, 0.4) is 0 Å². The van der Waals surface area contributed by atoms with Gasteiger partial charge in [-0.15, -0.1) is 23.5 Å². The van der Waals surface area contributed by atoms with Crippen molar-refractivity contribution in [1.29, 1.82) is 0 Å². The monoisotopic (exact) mass is 471 g/mol. The van der Waals surface area contributed by atoms with Crippen LogP contribution in [0.5, 0.6) is 5.75 Å². The van der Waals surface area contributed by atoms with Crippen molar-refractivity contribution in [3.8, 4) is 5.75 Å². The number of aryl methyl sites for hydroxylation is 1. The molecule has 3 heterocycles. The van der Waals surface area contributed by atoms with E-state index in [0.717, 1.165) is 18.5 Å². The van der Waals surface area contributed by atoms with E-state index in [1.807, 2.05) is 54.7 Å². The van der Waals surface area contributed by atoms with Gasteiger partial charge in [0.2, 0.25) is 5.91 Å². The number of carbonyl (C=O) groups excluding carboxylic acids is 2. The molecule has 0 saturated carbocycles. The number of benzene rings is 1. The molecule has 2 aromatic rings. The molecule has 1 aromatic heterocycles. The molecule has 0 bridgehead atoms. The first kappa shape index (κ1) is 23.0. The number of carbonyl (C=O) groups is 2. The molecule has 2 aliphatic rings. The van der Waals surface area contributed by atoms with Crippen molar-refractivity contribution in [2.45, 2.75) is 30.8 Å². The van der Waals surface area contributed by atoms with Crippen LogP contribution in [0.15, 0.2) is 42.5 Å². The normalized spacial score (nSPS) is 19.4. The van der Waals surface area contributed by atoms with Crippen molar-refractivity contribution in [3.63, 3.8) is 0 Å². The van der Waals surface area contributed by atoms with E-state index in [2.05, 4.69) is 22.4 Å². The first-order valence-electron chi connectivity index (χ1n) is 11.1. The number of nitrogens with zero attached hydrogens (tertiary/aromatic N) is 2. The largest absolute Gasteiger partial charge is 0.484 e. The number of ether oxygens (including phenoxy) is 1. The van der Waals surface area contributed by atoms with Gasteiger partial charge in [-0.25, -0.2) is 4.98 Å². The standard InChI is InChI=1S/C24H29N3O3S2/c1-17-5-2-7-21(25-17)26-23(29)19-6-3-12-27(15-19)22(28)16-30-20-10-8-18(9-11-20)24-31-13-4-14-32-24/h2,5,7-11,19,24H,3-4,6,12-16H2,1H3,(H,25,26,29). The predicted molar refractivity (Wildman–Crippen MR) is 131 cm³/mol. The first-order valence-corrected chi connectivity index (χ1v) is 13.2. The first-order chi connectivity index (χ1) is 15.6. The van der Waals surface area contributed by atoms with Crippen LogP contribution in [0, 0.1) is 12.8 Å². The van der Waals surface area contributed by atoms with Gasteiger partial charge < -0.3 is 15.0 Å². The Balaban J connectivity index is 1.26. The van der Waals surface area contributed by atoms with E-state index in [1.54, 1.807) is 11.0 Å². The van der Waals surface area contributed by atoms with Crippen molar-refractivity contribution in [2.24, 2.45) is 5.92 Å². The molecule has 0 aliphatic carbocycles. The van der Waals surface area contributed by atoms with Gasteiger partial charge in [-0.3, -0.25) is 9.59 Å². The summed E-state index contributed by atoms with van der Waals surface area (Å²) in [6.07, 6.45) is 2.84. The van der Waals surface area contributed by atoms with E-state index in [-0.39, 0.29) is 24.3 Å². The lowest BCUT2D eigenvalue weighted by Crippen LogP contribution is -2.45. The molecule has 0 radical (unpaired) electrons. The fraction of sp³-hybridized carbons (Fsp3) is 0.458. The van der Waals surface area contributed by atoms with Gasteiger partial charge >= 0.3 is 0 Å². The summed E-state index contributed by atoms with van der Waals surface area (Å²) < 4.78 is 6.24. The van der Waals surface area contributed by atoms with Crippen molar-refractivity contribution in [1.82, 2.24) is 9.88 Å². The molecule has 2 aliphatic heterocycles. The second kappa shape index (κ2) is 11.1. The molecule has 32 heavy (non-hydrogen) atoms. The smallest absolute Gasteiger partial charge is 0.260 e. The van der Waals surface area contributed by atoms with Crippen LogP contribution in [0.4, 0.5) is 5.82 Å². The second-order valence-corrected chi connectivity index (χ2v) is 10.8. The van der Waals surface area contributed by atoms with Crippen LogP contribution < -0.4 is 10.1 Å². The highest BCUT2D eigenvalue weighted by molar-refractivity contribution is 8.16. The lowest BCUT2D eigenvalue weighted by atomic mass is 9.97. The molecule has 2 fully saturated rings. The number of pyridine rings is 1. The maximum atomic E-state index is 12.7. The van der Waals surface area contributed by atoms with Gasteiger partial charge in [0.25, 0.3) is 5.91 Å². The summed E-state index contributed by atoms with van der Waals surface area (Å²) in [7, 11) is 0. The Bertz CT molecular complexity index is 932. The van der Waals surface area contributed by atoms with Crippen molar-refractivity contribution >= 4 is 41.2 Å². The molecule has 8 heteroatoms. The topological polar surface area (TPSA) is 71.5 Å². The van der Waals surface area contributed by atoms with Gasteiger partial charge in [-0.2, -0.15) is 0 Å². The highest BCUT2D eigenvalue weighted by Gasteiger charge is 2.29. The number of nitrogens with one attached hydrogen (secondary N) is 1. The van der Waals surface area contributed by atoms with E-state index in [4.69, 9.17) is 4.74 Å². The Morgan fingerprint density at radius 1 is 1.12 bits per heavy atom. The van der Waals surface area contributed by atoms with Crippen LogP contribution >= 0.6 is 23.5 Å². The van der Waals surface area contributed by atoms with Crippen LogP contribution in [0.1, 0.15) is 35.1 Å². The summed E-state index contributed by atoms with van der Waals surface area (Å²) in [6.45, 7) is 2.94. The Kier molecular flexibility index (Phi) is 7.97. The zero-order chi connectivity index (χ0) is 22.3. The molecule has 170 valence electrons. The Hall–Kier alpha value is -2.19. The van der Waals surface area contributed by atoms with Crippen LogP contribution in [-0.2, 0) is 9.59 Å². The summed E-state index contributed by atoms with van der Waals surface area (Å²) in [5.74, 6) is 3.26. The van der Waals surface area contributed by atoms with E-state index < -0.39 is 0 Å². The SMILES string of the molecule is Cc1cccc(NC(=O)C2CCCN(C(=O)COc3ccc(C4SCCCS4)cc3)C2)n1. The minimum atomic E-state index is -0.236. The van der Waals surface area contributed by atoms with Crippen molar-refractivity contribution in [2.75, 3.05) is 36.5 Å². The number of thioether (sulfide) groups is 2. The molecule has 1 N–H and O–H groups in total. The molecular formula is C24H29N3O3S2. The third kappa shape index (κ3) is 6.19. The summed E-state index contributed by atoms with van der Waals surface area (Å²) >= 11 is 3.97. The summed E-state index contributed by atoms with van der Waals surface area (Å²) in [4.78, 5) is 31.4. The van der Waals surface area contributed by atoms with E-state index in [9.17, 15) is 9.59 Å². The number of hydrogen-bond donors (Lipinski definition) is 1. The van der Waals surface area contributed by atoms with Crippen molar-refractivity contribution in [3.05, 3.63) is 53.7 Å². The number of anilines is 1. The number of aromatic nitrogens is 1. The fourth-order valence-electron chi connectivity index (χ4n) is 3.90. The highest BCUT2D eigenvalue weighted by Crippen LogP contribution is 2.43. The average molecular weight is 472 g/mol. The Morgan fingerprint density at radius 3 is 2.66 bits per heavy atom. The maximum Gasteiger partial charge on any atom is 0.260 e. The molecule has 1 unspecified atom stereocenters. The summed E-state index contributed by atoms with van der Waals surface area (Å²) in [5, 5.41) is 2.88. The van der Waals surface area contributed by atoms with Gasteiger partial charge in [-0.05, 0) is 67.5 Å². The minimum Gasteiger partial charge on any atom is -0.484 e. The zero-order valence-electron chi connectivity index (χ0n) is 18.3. The average Bonchev–Trinajstić information content (AvgIpc) is 2.83. The number of hydrogen-bond acceptors (Lipinski definition) is 6. The number of rotatable bonds is 6. The number of likely N-dealkylation sites (tertiary alicyclic amines) is 1. The molecule has 2 saturated heterocycles. The second-order valence-electron chi connectivity index (χ2n) is 8.12. The molecule has 0 spiro atoms. The van der Waals surface area contributed by atoms with Gasteiger partial charge in [0.15, 0.2) is 6.61 Å². The molecule has 2 amide bonds. The fourth-order valence-corrected chi connectivity index (χ4v) is 6.79. The Morgan fingerprint density at radius 2 is 1.91 bits per heavy atom. The molecule has 1 atom stereocenters. The predicted octanol–water partition coefficient (Wildman–Crippen LogP) is 4.51. The van der Waals surface area contributed by atoms with Crippen LogP contribution in [0.2, 0.25) is 0 Å². The third-order valence-corrected chi connectivity index (χ3v) is 8.64. The maximum absolute atomic E-state index is 12.7. The van der Waals surface area contributed by atoms with Gasteiger partial charge in [0, 0.05) is 18.8 Å². The van der Waals surface area contributed by atoms with Gasteiger partial charge in [0.1, 0.15) is 11.6 Å². The Labute approximate surface area is 197 Å². The molecule has 6 nitrogen and oxygen atoms in total. The van der Waals surface area contributed by atoms with E-state index in [1.165, 1.54) is 23.5 Å². The number of amides is 2. The van der Waals surface area contributed by atoms with Crippen LogP contribution in [0.25, 0.3) is 0 Å². The molecule has 1 aromatic carbocycles. The number of piperidine rings is 1. The zero-order valence-corrected chi connectivity index (χ0v) is 19.9. The third-order valence-electron chi connectivity index (χ3n) is 5.63. The quantitative estimate of drug-likeness (QED) is 0.668. The lowest BCUT2D eigenvalue weighted by Gasteiger charge is -2.32. The lowest BCUT2D eigenvalue weighted by molar-refractivity contribution is -0.136.